The fourth-order valence-corrected chi connectivity index (χ4v) is 1.05. The first-order valence-corrected chi connectivity index (χ1v) is 4.24. The molecule has 0 aliphatic heterocycles. The van der Waals surface area contributed by atoms with E-state index in [1.165, 1.54) is 25.3 Å². The lowest BCUT2D eigenvalue weighted by molar-refractivity contribution is 0.0595. The molecule has 0 bridgehead atoms. The molecule has 0 spiro atoms. The third kappa shape index (κ3) is 2.71. The highest BCUT2D eigenvalue weighted by Crippen LogP contribution is 2.15. The van der Waals surface area contributed by atoms with Gasteiger partial charge in [-0.25, -0.2) is 9.18 Å². The molecule has 78 valence electrons. The lowest BCUT2D eigenvalue weighted by atomic mass is 10.2. The van der Waals surface area contributed by atoms with Gasteiger partial charge in [0.25, 0.3) is 0 Å². The largest absolute Gasteiger partial charge is 0.465 e. The maximum absolute atomic E-state index is 13.2. The normalized spacial score (nSPS) is 9.13. The molecular weight excluding hydrogens is 197 g/mol. The molecule has 1 aromatic rings. The molecule has 0 heterocycles. The number of hydrogen-bond donors (Lipinski definition) is 1. The predicted octanol–water partition coefficient (Wildman–Crippen LogP) is 1.66. The minimum absolute atomic E-state index is 0.112. The molecule has 0 amide bonds. The molecule has 0 atom stereocenters. The van der Waals surface area contributed by atoms with E-state index in [9.17, 15) is 9.18 Å². The van der Waals surface area contributed by atoms with Crippen molar-refractivity contribution in [2.75, 3.05) is 19.0 Å². The fourth-order valence-electron chi connectivity index (χ4n) is 1.05. The summed E-state index contributed by atoms with van der Waals surface area (Å²) in [5.41, 5.74) is 0.467. The number of carbonyl (C=O) groups excluding carboxylic acids is 1. The van der Waals surface area contributed by atoms with Crippen molar-refractivity contribution >= 4 is 11.7 Å². The molecule has 0 saturated heterocycles. The van der Waals surface area contributed by atoms with E-state index in [4.69, 9.17) is 6.42 Å². The molecule has 0 aromatic heterocycles. The number of esters is 1. The number of nitrogens with one attached hydrogen (secondary N) is 1. The van der Waals surface area contributed by atoms with Gasteiger partial charge in [0.15, 0.2) is 0 Å². The Labute approximate surface area is 87.2 Å². The Morgan fingerprint density at radius 3 is 3.00 bits per heavy atom. The molecule has 0 aliphatic carbocycles. The second kappa shape index (κ2) is 5.01. The number of hydrogen-bond acceptors (Lipinski definition) is 3. The Balaban J connectivity index is 2.96. The van der Waals surface area contributed by atoms with Crippen molar-refractivity contribution in [2.45, 2.75) is 0 Å². The van der Waals surface area contributed by atoms with Crippen LogP contribution in [0.5, 0.6) is 0 Å². The van der Waals surface area contributed by atoms with Crippen LogP contribution in [0.15, 0.2) is 18.2 Å². The molecule has 0 aliphatic rings. The van der Waals surface area contributed by atoms with Crippen LogP contribution >= 0.6 is 0 Å². The van der Waals surface area contributed by atoms with Crippen LogP contribution in [0.4, 0.5) is 10.1 Å². The van der Waals surface area contributed by atoms with E-state index < -0.39 is 11.8 Å². The number of benzene rings is 1. The van der Waals surface area contributed by atoms with E-state index in [1.54, 1.807) is 0 Å². The summed E-state index contributed by atoms with van der Waals surface area (Å²) < 4.78 is 17.6. The molecule has 0 unspecified atom stereocenters. The van der Waals surface area contributed by atoms with Gasteiger partial charge in [-0.2, -0.15) is 0 Å². The van der Waals surface area contributed by atoms with Gasteiger partial charge in [-0.05, 0) is 18.2 Å². The van der Waals surface area contributed by atoms with E-state index in [0.29, 0.717) is 12.2 Å². The van der Waals surface area contributed by atoms with E-state index in [1.807, 2.05) is 0 Å². The summed E-state index contributed by atoms with van der Waals surface area (Å²) in [6, 6.07) is 4.04. The van der Waals surface area contributed by atoms with Gasteiger partial charge in [0, 0.05) is 5.69 Å². The van der Waals surface area contributed by atoms with Crippen molar-refractivity contribution in [3.05, 3.63) is 29.6 Å². The van der Waals surface area contributed by atoms with Gasteiger partial charge in [-0.3, -0.25) is 0 Å². The summed E-state index contributed by atoms with van der Waals surface area (Å²) in [6.07, 6.45) is 5.05. The Bertz CT molecular complexity index is 410. The molecule has 0 radical (unpaired) electrons. The average Bonchev–Trinajstić information content (AvgIpc) is 2.27. The van der Waals surface area contributed by atoms with E-state index in [-0.39, 0.29) is 5.56 Å². The quantitative estimate of drug-likeness (QED) is 0.605. The van der Waals surface area contributed by atoms with Crippen LogP contribution in [0.25, 0.3) is 0 Å². The third-order valence-electron chi connectivity index (χ3n) is 1.77. The molecular formula is C11H10FNO2. The molecule has 0 fully saturated rings. The fraction of sp³-hybridized carbons (Fsp3) is 0.182. The first-order valence-electron chi connectivity index (χ1n) is 4.24. The molecule has 1 rings (SSSR count). The van der Waals surface area contributed by atoms with Crippen LogP contribution in [0.3, 0.4) is 0 Å². The SMILES string of the molecule is C#CCNc1ccc(F)c(C(=O)OC)c1. The topological polar surface area (TPSA) is 38.3 Å². The van der Waals surface area contributed by atoms with Crippen LogP contribution in [0.1, 0.15) is 10.4 Å². The molecule has 15 heavy (non-hydrogen) atoms. The molecule has 1 N–H and O–H groups in total. The first kappa shape index (κ1) is 11.1. The number of methoxy groups -OCH3 is 1. The van der Waals surface area contributed by atoms with Gasteiger partial charge in [-0.15, -0.1) is 6.42 Å². The summed E-state index contributed by atoms with van der Waals surface area (Å²) >= 11 is 0. The van der Waals surface area contributed by atoms with E-state index in [2.05, 4.69) is 16.0 Å². The lowest BCUT2D eigenvalue weighted by Gasteiger charge is -2.05. The highest BCUT2D eigenvalue weighted by atomic mass is 19.1. The van der Waals surface area contributed by atoms with Gasteiger partial charge >= 0.3 is 5.97 Å². The summed E-state index contributed by atoms with van der Waals surface area (Å²) in [4.78, 5) is 11.1. The molecule has 4 heteroatoms. The number of ether oxygens (including phenoxy) is 1. The van der Waals surface area contributed by atoms with Crippen molar-refractivity contribution in [1.29, 1.82) is 0 Å². The van der Waals surface area contributed by atoms with Crippen molar-refractivity contribution in [3.8, 4) is 12.3 Å². The van der Waals surface area contributed by atoms with Gasteiger partial charge in [0.1, 0.15) is 5.82 Å². The van der Waals surface area contributed by atoms with Crippen LogP contribution in [-0.4, -0.2) is 19.6 Å². The van der Waals surface area contributed by atoms with Gasteiger partial charge in [0.05, 0.1) is 19.2 Å². The Morgan fingerprint density at radius 1 is 1.67 bits per heavy atom. The van der Waals surface area contributed by atoms with Crippen LogP contribution in [-0.2, 0) is 4.74 Å². The monoisotopic (exact) mass is 207 g/mol. The Morgan fingerprint density at radius 2 is 2.40 bits per heavy atom. The standard InChI is InChI=1S/C11H10FNO2/c1-3-6-13-8-4-5-10(12)9(7-8)11(14)15-2/h1,4-5,7,13H,6H2,2H3. The van der Waals surface area contributed by atoms with Gasteiger partial charge in [-0.1, -0.05) is 5.92 Å². The highest BCUT2D eigenvalue weighted by Gasteiger charge is 2.12. The Kier molecular flexibility index (Phi) is 3.69. The molecule has 1 aromatic carbocycles. The molecule has 3 nitrogen and oxygen atoms in total. The number of carbonyl (C=O) groups is 1. The first-order chi connectivity index (χ1) is 7.19. The van der Waals surface area contributed by atoms with E-state index >= 15 is 0 Å². The van der Waals surface area contributed by atoms with E-state index in [0.717, 1.165) is 0 Å². The van der Waals surface area contributed by atoms with Crippen molar-refractivity contribution in [3.63, 3.8) is 0 Å². The summed E-state index contributed by atoms with van der Waals surface area (Å²) in [5, 5.41) is 2.83. The summed E-state index contributed by atoms with van der Waals surface area (Å²) in [6.45, 7) is 0.312. The van der Waals surface area contributed by atoms with Crippen molar-refractivity contribution in [2.24, 2.45) is 0 Å². The van der Waals surface area contributed by atoms with Gasteiger partial charge < -0.3 is 10.1 Å². The number of anilines is 1. The predicted molar refractivity (Wildman–Crippen MR) is 55.1 cm³/mol. The Hall–Kier alpha value is -2.02. The highest BCUT2D eigenvalue weighted by molar-refractivity contribution is 5.90. The number of halogens is 1. The zero-order valence-corrected chi connectivity index (χ0v) is 8.21. The van der Waals surface area contributed by atoms with Crippen LogP contribution < -0.4 is 5.32 Å². The lowest BCUT2D eigenvalue weighted by Crippen LogP contribution is -2.06. The van der Waals surface area contributed by atoms with Gasteiger partial charge in [0.2, 0.25) is 0 Å². The minimum Gasteiger partial charge on any atom is -0.465 e. The molecule has 0 saturated carbocycles. The maximum atomic E-state index is 13.2. The third-order valence-corrected chi connectivity index (χ3v) is 1.77. The summed E-state index contributed by atoms with van der Waals surface area (Å²) in [7, 11) is 1.20. The van der Waals surface area contributed by atoms with Crippen molar-refractivity contribution in [1.82, 2.24) is 0 Å². The maximum Gasteiger partial charge on any atom is 0.340 e. The zero-order chi connectivity index (χ0) is 11.3. The summed E-state index contributed by atoms with van der Waals surface area (Å²) in [5.74, 6) is 1.04. The van der Waals surface area contributed by atoms with Crippen LogP contribution in [0.2, 0.25) is 0 Å². The van der Waals surface area contributed by atoms with Crippen molar-refractivity contribution < 1.29 is 13.9 Å². The minimum atomic E-state index is -0.711. The second-order valence-corrected chi connectivity index (χ2v) is 2.74. The zero-order valence-electron chi connectivity index (χ0n) is 8.21. The van der Waals surface area contributed by atoms with Crippen LogP contribution in [0, 0.1) is 18.2 Å². The second-order valence-electron chi connectivity index (χ2n) is 2.74. The number of rotatable bonds is 3. The smallest absolute Gasteiger partial charge is 0.340 e. The number of terminal acetylenes is 1. The average molecular weight is 207 g/mol.